The molecule has 0 unspecified atom stereocenters. The highest BCUT2D eigenvalue weighted by Gasteiger charge is 2.56. The summed E-state index contributed by atoms with van der Waals surface area (Å²) < 4.78 is 4.00. The largest absolute Gasteiger partial charge is 0.477 e. The number of aliphatic hydroxyl groups is 1. The molecule has 3 atom stereocenters. The van der Waals surface area contributed by atoms with E-state index in [2.05, 4.69) is 0 Å². The zero-order valence-corrected chi connectivity index (χ0v) is 19.3. The molecule has 2 aromatic carbocycles. The number of carboxylic acid groups (broad SMARTS) is 1. The summed E-state index contributed by atoms with van der Waals surface area (Å²) in [6.45, 7) is 2.20. The lowest BCUT2D eigenvalue weighted by Crippen LogP contribution is -2.61. The molecule has 2 aliphatic heterocycles. The van der Waals surface area contributed by atoms with E-state index in [1.165, 1.54) is 4.90 Å². The summed E-state index contributed by atoms with van der Waals surface area (Å²) in [5.41, 5.74) is 5.04. The summed E-state index contributed by atoms with van der Waals surface area (Å²) in [5, 5.41) is 19.9. The Labute approximate surface area is 201 Å². The van der Waals surface area contributed by atoms with Crippen LogP contribution in [0.3, 0.4) is 0 Å². The Morgan fingerprint density at radius 3 is 2.57 bits per heavy atom. The van der Waals surface area contributed by atoms with E-state index in [0.29, 0.717) is 35.2 Å². The number of nitrogens with zero attached hydrogens (tertiary/aromatic N) is 3. The van der Waals surface area contributed by atoms with Crippen LogP contribution in [0.25, 0.3) is 16.7 Å². The first-order valence-corrected chi connectivity index (χ1v) is 11.6. The molecule has 0 spiro atoms. The van der Waals surface area contributed by atoms with Gasteiger partial charge >= 0.3 is 5.97 Å². The number of aliphatic carboxylic acids is 1. The molecule has 35 heavy (non-hydrogen) atoms. The molecule has 176 valence electrons. The molecule has 3 heterocycles. The van der Waals surface area contributed by atoms with Crippen molar-refractivity contribution < 1.29 is 29.2 Å². The van der Waals surface area contributed by atoms with Gasteiger partial charge in [0.05, 0.1) is 25.1 Å². The maximum atomic E-state index is 13.2. The van der Waals surface area contributed by atoms with Crippen molar-refractivity contribution in [1.29, 1.82) is 0 Å². The minimum atomic E-state index is -1.17. The van der Waals surface area contributed by atoms with Crippen LogP contribution in [0.5, 0.6) is 0 Å². The van der Waals surface area contributed by atoms with Gasteiger partial charge in [-0.3, -0.25) is 9.59 Å². The summed E-state index contributed by atoms with van der Waals surface area (Å²) in [4.78, 5) is 39.1. The number of benzene rings is 2. The number of carbonyl (C=O) groups is 3. The highest BCUT2D eigenvalue weighted by molar-refractivity contribution is 6.22. The number of aliphatic hydroxyl groups excluding tert-OH is 1. The Balaban J connectivity index is 1.38. The smallest absolute Gasteiger partial charge is 0.352 e. The van der Waals surface area contributed by atoms with Gasteiger partial charge in [-0.05, 0) is 59.4 Å². The molecule has 1 aliphatic carbocycles. The van der Waals surface area contributed by atoms with Crippen molar-refractivity contribution >= 4 is 23.2 Å². The van der Waals surface area contributed by atoms with Gasteiger partial charge in [0.15, 0.2) is 5.78 Å². The average Bonchev–Trinajstić information content (AvgIpc) is 3.46. The molecule has 1 aromatic heterocycles. The van der Waals surface area contributed by atoms with E-state index >= 15 is 0 Å². The number of amides is 1. The number of imidazole rings is 1. The zero-order valence-electron chi connectivity index (χ0n) is 19.3. The van der Waals surface area contributed by atoms with Crippen LogP contribution in [0.1, 0.15) is 40.4 Å². The van der Waals surface area contributed by atoms with Gasteiger partial charge in [-0.1, -0.05) is 18.2 Å². The van der Waals surface area contributed by atoms with Crippen molar-refractivity contribution in [3.63, 3.8) is 0 Å². The molecule has 2 N–H and O–H groups in total. The van der Waals surface area contributed by atoms with Crippen LogP contribution >= 0.6 is 0 Å². The topological polar surface area (TPSA) is 104 Å². The van der Waals surface area contributed by atoms with E-state index in [0.717, 1.165) is 16.7 Å². The van der Waals surface area contributed by atoms with Gasteiger partial charge in [0.1, 0.15) is 24.6 Å². The molecule has 0 saturated carbocycles. The lowest BCUT2D eigenvalue weighted by atomic mass is 9.82. The SMILES string of the molecule is C[C@@H](O)[C@H]1C(=O)N2C(C(=O)O)=C(c3ccc4c(c3)-c3ccc(Cn5cc[n+](C)c5)cc3C4=O)C[C@H]12. The van der Waals surface area contributed by atoms with Gasteiger partial charge in [0.25, 0.3) is 0 Å². The Bertz CT molecular complexity index is 1480. The second kappa shape index (κ2) is 7.48. The molecule has 3 aromatic rings. The van der Waals surface area contributed by atoms with E-state index in [4.69, 9.17) is 0 Å². The fraction of sp³-hybridized carbons (Fsp3) is 0.259. The first-order chi connectivity index (χ1) is 16.7. The lowest BCUT2D eigenvalue weighted by Gasteiger charge is -2.44. The standard InChI is InChI=1S/C27H23N3O5/c1-14(31)23-22-11-19(24(27(34)35)30(22)26(23)33)16-4-6-18-20(10-16)17-5-3-15(9-21(17)25(18)32)12-29-8-7-28(2)13-29/h3-10,13-14,22-23,31H,11-12H2,1-2H3/p+1/t14-,22-,23-/m1/s1. The van der Waals surface area contributed by atoms with Gasteiger partial charge < -0.3 is 15.1 Å². The molecule has 3 aliphatic rings. The van der Waals surface area contributed by atoms with Gasteiger partial charge in [0.2, 0.25) is 12.2 Å². The number of β-lactam (4-membered cyclic amide) rings is 1. The summed E-state index contributed by atoms with van der Waals surface area (Å²) in [5.74, 6) is -2.17. The van der Waals surface area contributed by atoms with Crippen LogP contribution in [0.2, 0.25) is 0 Å². The van der Waals surface area contributed by atoms with Crippen LogP contribution in [0.15, 0.2) is 60.8 Å². The van der Waals surface area contributed by atoms with Crippen LogP contribution in [-0.4, -0.2) is 49.5 Å². The predicted molar refractivity (Wildman–Crippen MR) is 125 cm³/mol. The molecule has 0 radical (unpaired) electrons. The maximum absolute atomic E-state index is 13.2. The fourth-order valence-corrected chi connectivity index (χ4v) is 5.74. The van der Waals surface area contributed by atoms with Crippen molar-refractivity contribution in [3.05, 3.63) is 83.1 Å². The van der Waals surface area contributed by atoms with Crippen LogP contribution in [0, 0.1) is 5.92 Å². The molecule has 8 nitrogen and oxygen atoms in total. The van der Waals surface area contributed by atoms with Crippen molar-refractivity contribution in [3.8, 4) is 11.1 Å². The normalized spacial score (nSPS) is 21.1. The summed E-state index contributed by atoms with van der Waals surface area (Å²) in [6, 6.07) is 10.9. The second-order valence-electron chi connectivity index (χ2n) is 9.60. The average molecular weight is 471 g/mol. The molecule has 1 amide bonds. The minimum absolute atomic E-state index is 0.0309. The zero-order chi connectivity index (χ0) is 24.6. The third-order valence-electron chi connectivity index (χ3n) is 7.35. The van der Waals surface area contributed by atoms with Crippen molar-refractivity contribution in [2.24, 2.45) is 13.0 Å². The number of aromatic nitrogens is 2. The molecule has 1 saturated heterocycles. The quantitative estimate of drug-likeness (QED) is 0.343. The summed E-state index contributed by atoms with van der Waals surface area (Å²) >= 11 is 0. The van der Waals surface area contributed by atoms with Crippen LogP contribution in [-0.2, 0) is 23.2 Å². The van der Waals surface area contributed by atoms with E-state index in [1.54, 1.807) is 19.1 Å². The molecule has 8 heteroatoms. The summed E-state index contributed by atoms with van der Waals surface area (Å²) in [7, 11) is 1.95. The molecule has 1 fully saturated rings. The first kappa shape index (κ1) is 21.5. The number of carbonyl (C=O) groups excluding carboxylic acids is 2. The molecule has 6 rings (SSSR count). The molecular weight excluding hydrogens is 446 g/mol. The molecular formula is C27H24N3O5+. The number of carboxylic acids is 1. The number of hydrogen-bond acceptors (Lipinski definition) is 4. The van der Waals surface area contributed by atoms with Gasteiger partial charge in [-0.15, -0.1) is 0 Å². The Morgan fingerprint density at radius 2 is 1.89 bits per heavy atom. The number of hydrogen-bond donors (Lipinski definition) is 2. The number of fused-ring (bicyclic) bond motifs is 4. The first-order valence-electron chi connectivity index (χ1n) is 11.6. The fourth-order valence-electron chi connectivity index (χ4n) is 5.74. The van der Waals surface area contributed by atoms with Crippen molar-refractivity contribution in [1.82, 2.24) is 9.47 Å². The third-order valence-corrected chi connectivity index (χ3v) is 7.35. The highest BCUT2D eigenvalue weighted by atomic mass is 16.4. The second-order valence-corrected chi connectivity index (χ2v) is 9.60. The Kier molecular flexibility index (Phi) is 4.59. The van der Waals surface area contributed by atoms with E-state index in [-0.39, 0.29) is 23.4 Å². The lowest BCUT2D eigenvalue weighted by molar-refractivity contribution is -0.671. The maximum Gasteiger partial charge on any atom is 0.352 e. The molecule has 0 bridgehead atoms. The monoisotopic (exact) mass is 470 g/mol. The van der Waals surface area contributed by atoms with E-state index in [9.17, 15) is 24.6 Å². The van der Waals surface area contributed by atoms with Gasteiger partial charge in [-0.2, -0.15) is 0 Å². The van der Waals surface area contributed by atoms with Crippen LogP contribution < -0.4 is 4.57 Å². The summed E-state index contributed by atoms with van der Waals surface area (Å²) in [6.07, 6.45) is 5.42. The van der Waals surface area contributed by atoms with E-state index in [1.807, 2.05) is 59.2 Å². The van der Waals surface area contributed by atoms with Crippen molar-refractivity contribution in [2.75, 3.05) is 0 Å². The Morgan fingerprint density at radius 1 is 1.11 bits per heavy atom. The number of aryl methyl sites for hydroxylation is 1. The van der Waals surface area contributed by atoms with E-state index < -0.39 is 18.0 Å². The predicted octanol–water partition coefficient (Wildman–Crippen LogP) is 1.98. The highest BCUT2D eigenvalue weighted by Crippen LogP contribution is 2.48. The Hall–Kier alpha value is -4.04. The third kappa shape index (κ3) is 3.10. The minimum Gasteiger partial charge on any atom is -0.477 e. The van der Waals surface area contributed by atoms with Gasteiger partial charge in [0, 0.05) is 11.1 Å². The van der Waals surface area contributed by atoms with Gasteiger partial charge in [-0.25, -0.2) is 13.9 Å². The number of rotatable bonds is 5. The van der Waals surface area contributed by atoms with Crippen molar-refractivity contribution in [2.45, 2.75) is 32.0 Å². The van der Waals surface area contributed by atoms with Crippen LogP contribution in [0.4, 0.5) is 0 Å². The number of ketones is 1.